The molecule has 0 aliphatic carbocycles. The fourth-order valence-corrected chi connectivity index (χ4v) is 1.62. The maximum Gasteiger partial charge on any atom is 0.311 e. The number of nitrogens with one attached hydrogen (secondary N) is 1. The van der Waals surface area contributed by atoms with Crippen molar-refractivity contribution in [2.45, 2.75) is 39.5 Å². The standard InChI is InChI=1S/C15H21NO3/c1-12-7-9-14(10-8-12)19-15(18)6-4-3-5-11-16-13(2)17/h7-10H,3-6,11H2,1-2H3,(H,16,17). The Bertz CT molecular complexity index is 412. The fraction of sp³-hybridized carbons (Fsp3) is 0.467. The number of carbonyl (C=O) groups excluding carboxylic acids is 2. The monoisotopic (exact) mass is 263 g/mol. The molecule has 4 heteroatoms. The predicted octanol–water partition coefficient (Wildman–Crippen LogP) is 2.60. The quantitative estimate of drug-likeness (QED) is 0.467. The van der Waals surface area contributed by atoms with Crippen molar-refractivity contribution in [2.24, 2.45) is 0 Å². The van der Waals surface area contributed by atoms with Crippen LogP contribution in [0.25, 0.3) is 0 Å². The van der Waals surface area contributed by atoms with Gasteiger partial charge < -0.3 is 10.1 Å². The molecule has 1 rings (SSSR count). The molecule has 1 aromatic carbocycles. The number of aryl methyl sites for hydroxylation is 1. The third kappa shape index (κ3) is 7.24. The molecule has 4 nitrogen and oxygen atoms in total. The number of unbranched alkanes of at least 4 members (excludes halogenated alkanes) is 2. The molecule has 1 aromatic rings. The number of esters is 1. The summed E-state index contributed by atoms with van der Waals surface area (Å²) in [7, 11) is 0. The summed E-state index contributed by atoms with van der Waals surface area (Å²) < 4.78 is 5.21. The van der Waals surface area contributed by atoms with Crippen LogP contribution in [-0.2, 0) is 9.59 Å². The van der Waals surface area contributed by atoms with Crippen molar-refractivity contribution in [1.82, 2.24) is 5.32 Å². The number of amides is 1. The van der Waals surface area contributed by atoms with Gasteiger partial charge in [-0.25, -0.2) is 0 Å². The van der Waals surface area contributed by atoms with E-state index in [9.17, 15) is 9.59 Å². The first-order valence-corrected chi connectivity index (χ1v) is 6.59. The third-order valence-electron chi connectivity index (χ3n) is 2.68. The van der Waals surface area contributed by atoms with E-state index in [2.05, 4.69) is 5.32 Å². The first-order valence-electron chi connectivity index (χ1n) is 6.59. The second-order valence-electron chi connectivity index (χ2n) is 4.58. The van der Waals surface area contributed by atoms with Gasteiger partial charge in [-0.05, 0) is 31.9 Å². The van der Waals surface area contributed by atoms with Gasteiger partial charge in [-0.1, -0.05) is 24.1 Å². The van der Waals surface area contributed by atoms with Crippen molar-refractivity contribution in [1.29, 1.82) is 0 Å². The molecule has 0 aromatic heterocycles. The Hall–Kier alpha value is -1.84. The van der Waals surface area contributed by atoms with Crippen molar-refractivity contribution in [3.8, 4) is 5.75 Å². The Morgan fingerprint density at radius 3 is 2.42 bits per heavy atom. The highest BCUT2D eigenvalue weighted by atomic mass is 16.5. The Kier molecular flexibility index (Phi) is 6.64. The number of hydrogen-bond donors (Lipinski definition) is 1. The van der Waals surface area contributed by atoms with Crippen LogP contribution in [0.4, 0.5) is 0 Å². The van der Waals surface area contributed by atoms with Gasteiger partial charge in [0.15, 0.2) is 0 Å². The lowest BCUT2D eigenvalue weighted by Crippen LogP contribution is -2.20. The summed E-state index contributed by atoms with van der Waals surface area (Å²) >= 11 is 0. The smallest absolute Gasteiger partial charge is 0.311 e. The van der Waals surface area contributed by atoms with Gasteiger partial charge in [0, 0.05) is 19.9 Å². The van der Waals surface area contributed by atoms with Crippen molar-refractivity contribution in [2.75, 3.05) is 6.54 Å². The maximum absolute atomic E-state index is 11.5. The van der Waals surface area contributed by atoms with Crippen molar-refractivity contribution in [3.05, 3.63) is 29.8 Å². The minimum Gasteiger partial charge on any atom is -0.427 e. The number of rotatable bonds is 7. The summed E-state index contributed by atoms with van der Waals surface area (Å²) in [6.45, 7) is 4.15. The first-order chi connectivity index (χ1) is 9.08. The Balaban J connectivity index is 2.11. The van der Waals surface area contributed by atoms with E-state index < -0.39 is 0 Å². The summed E-state index contributed by atoms with van der Waals surface area (Å²) in [5.74, 6) is 0.371. The largest absolute Gasteiger partial charge is 0.427 e. The van der Waals surface area contributed by atoms with Gasteiger partial charge in [0.25, 0.3) is 0 Å². The minimum absolute atomic E-state index is 0.0150. The molecule has 104 valence electrons. The molecule has 0 unspecified atom stereocenters. The van der Waals surface area contributed by atoms with Crippen molar-refractivity contribution < 1.29 is 14.3 Å². The molecule has 0 saturated heterocycles. The summed E-state index contributed by atoms with van der Waals surface area (Å²) in [4.78, 5) is 22.2. The lowest BCUT2D eigenvalue weighted by molar-refractivity contribution is -0.134. The highest BCUT2D eigenvalue weighted by Crippen LogP contribution is 2.12. The summed E-state index contributed by atoms with van der Waals surface area (Å²) in [6, 6.07) is 7.42. The zero-order valence-electron chi connectivity index (χ0n) is 11.6. The van der Waals surface area contributed by atoms with Gasteiger partial charge in [0.2, 0.25) is 5.91 Å². The van der Waals surface area contributed by atoms with E-state index in [1.165, 1.54) is 6.92 Å². The van der Waals surface area contributed by atoms with E-state index in [-0.39, 0.29) is 11.9 Å². The van der Waals surface area contributed by atoms with Gasteiger partial charge in [-0.2, -0.15) is 0 Å². The number of carbonyl (C=O) groups is 2. The summed E-state index contributed by atoms with van der Waals surface area (Å²) in [5.41, 5.74) is 1.14. The highest BCUT2D eigenvalue weighted by molar-refractivity contribution is 5.73. The van der Waals surface area contributed by atoms with Crippen LogP contribution in [0.3, 0.4) is 0 Å². The molecule has 1 N–H and O–H groups in total. The number of benzene rings is 1. The van der Waals surface area contributed by atoms with E-state index in [1.54, 1.807) is 12.1 Å². The summed E-state index contributed by atoms with van der Waals surface area (Å²) in [5, 5.41) is 2.72. The minimum atomic E-state index is -0.205. The van der Waals surface area contributed by atoms with Crippen molar-refractivity contribution in [3.63, 3.8) is 0 Å². The molecule has 0 atom stereocenters. The van der Waals surface area contributed by atoms with Crippen LogP contribution in [-0.4, -0.2) is 18.4 Å². The Labute approximate surface area is 114 Å². The van der Waals surface area contributed by atoms with Crippen LogP contribution in [0.1, 0.15) is 38.2 Å². The zero-order chi connectivity index (χ0) is 14.1. The number of ether oxygens (including phenoxy) is 1. The van der Waals surface area contributed by atoms with Gasteiger partial charge in [0.05, 0.1) is 0 Å². The van der Waals surface area contributed by atoms with E-state index in [1.807, 2.05) is 19.1 Å². The lowest BCUT2D eigenvalue weighted by Gasteiger charge is -2.05. The predicted molar refractivity (Wildman–Crippen MR) is 74.0 cm³/mol. The van der Waals surface area contributed by atoms with Gasteiger partial charge in [-0.15, -0.1) is 0 Å². The third-order valence-corrected chi connectivity index (χ3v) is 2.68. The topological polar surface area (TPSA) is 55.4 Å². The molecular weight excluding hydrogens is 242 g/mol. The molecule has 0 spiro atoms. The van der Waals surface area contributed by atoms with Crippen LogP contribution in [0, 0.1) is 6.92 Å². The highest BCUT2D eigenvalue weighted by Gasteiger charge is 2.04. The van der Waals surface area contributed by atoms with Crippen LogP contribution < -0.4 is 10.1 Å². The van der Waals surface area contributed by atoms with E-state index in [4.69, 9.17) is 4.74 Å². The summed E-state index contributed by atoms with van der Waals surface area (Å²) in [6.07, 6.45) is 2.99. The van der Waals surface area contributed by atoms with Gasteiger partial charge in [-0.3, -0.25) is 9.59 Å². The van der Waals surface area contributed by atoms with Crippen LogP contribution in [0.2, 0.25) is 0 Å². The maximum atomic E-state index is 11.5. The second kappa shape index (κ2) is 8.29. The zero-order valence-corrected chi connectivity index (χ0v) is 11.6. The number of hydrogen-bond acceptors (Lipinski definition) is 3. The Morgan fingerprint density at radius 1 is 1.11 bits per heavy atom. The first kappa shape index (κ1) is 15.2. The van der Waals surface area contributed by atoms with Crippen LogP contribution >= 0.6 is 0 Å². The molecule has 0 bridgehead atoms. The van der Waals surface area contributed by atoms with Gasteiger partial charge in [0.1, 0.15) is 5.75 Å². The molecule has 0 aliphatic heterocycles. The molecule has 19 heavy (non-hydrogen) atoms. The molecule has 0 radical (unpaired) electrons. The Morgan fingerprint density at radius 2 is 1.79 bits per heavy atom. The van der Waals surface area contributed by atoms with E-state index >= 15 is 0 Å². The average molecular weight is 263 g/mol. The average Bonchev–Trinajstić information content (AvgIpc) is 2.36. The van der Waals surface area contributed by atoms with Crippen LogP contribution in [0.5, 0.6) is 5.75 Å². The SMILES string of the molecule is CC(=O)NCCCCCC(=O)Oc1ccc(C)cc1. The molecule has 0 saturated carbocycles. The van der Waals surface area contributed by atoms with Crippen molar-refractivity contribution >= 4 is 11.9 Å². The molecule has 0 heterocycles. The normalized spacial score (nSPS) is 10.0. The lowest BCUT2D eigenvalue weighted by atomic mass is 10.2. The molecular formula is C15H21NO3. The fourth-order valence-electron chi connectivity index (χ4n) is 1.62. The van der Waals surface area contributed by atoms with E-state index in [0.717, 1.165) is 24.8 Å². The van der Waals surface area contributed by atoms with E-state index in [0.29, 0.717) is 18.7 Å². The van der Waals surface area contributed by atoms with Gasteiger partial charge >= 0.3 is 5.97 Å². The van der Waals surface area contributed by atoms with Crippen LogP contribution in [0.15, 0.2) is 24.3 Å². The second-order valence-corrected chi connectivity index (χ2v) is 4.58. The molecule has 1 amide bonds. The molecule has 0 aliphatic rings. The molecule has 0 fully saturated rings.